The van der Waals surface area contributed by atoms with Crippen molar-refractivity contribution in [2.45, 2.75) is 32.2 Å². The lowest BCUT2D eigenvalue weighted by Gasteiger charge is -2.16. The van der Waals surface area contributed by atoms with E-state index in [0.717, 1.165) is 6.42 Å². The van der Waals surface area contributed by atoms with Crippen LogP contribution in [0.5, 0.6) is 0 Å². The zero-order chi connectivity index (χ0) is 20.9. The Hall–Kier alpha value is -3.48. The van der Waals surface area contributed by atoms with Gasteiger partial charge in [-0.2, -0.15) is 4.98 Å². The lowest BCUT2D eigenvalue weighted by Crippen LogP contribution is -2.27. The minimum absolute atomic E-state index is 0.0853. The van der Waals surface area contributed by atoms with Crippen molar-refractivity contribution in [3.05, 3.63) is 83.0 Å². The molecule has 0 saturated carbocycles. The zero-order valence-electron chi connectivity index (χ0n) is 16.9. The molecule has 0 aliphatic carbocycles. The van der Waals surface area contributed by atoms with Crippen LogP contribution in [0.3, 0.4) is 0 Å². The van der Waals surface area contributed by atoms with Gasteiger partial charge in [0, 0.05) is 31.0 Å². The molecule has 2 heterocycles. The van der Waals surface area contributed by atoms with Gasteiger partial charge < -0.3 is 14.7 Å². The van der Waals surface area contributed by atoms with Crippen LogP contribution in [0, 0.1) is 6.92 Å². The summed E-state index contributed by atoms with van der Waals surface area (Å²) >= 11 is 0. The van der Waals surface area contributed by atoms with Crippen molar-refractivity contribution >= 4 is 11.8 Å². The maximum Gasteiger partial charge on any atom is 0.251 e. The Kier molecular flexibility index (Phi) is 5.88. The Morgan fingerprint density at radius 1 is 1.17 bits per heavy atom. The number of hydrogen-bond acceptors (Lipinski definition) is 5. The maximum absolute atomic E-state index is 12.4. The summed E-state index contributed by atoms with van der Waals surface area (Å²) in [4.78, 5) is 30.8. The van der Waals surface area contributed by atoms with Gasteiger partial charge in [-0.25, -0.2) is 0 Å². The Morgan fingerprint density at radius 3 is 2.70 bits per heavy atom. The first kappa shape index (κ1) is 19.8. The summed E-state index contributed by atoms with van der Waals surface area (Å²) in [6.07, 6.45) is 1.20. The van der Waals surface area contributed by atoms with E-state index in [0.29, 0.717) is 36.8 Å². The first-order chi connectivity index (χ1) is 14.6. The SMILES string of the molecule is Cc1ccc(CCN2CC(c3noc(CNC(=O)c4ccccc4)n3)CC2=O)cc1. The quantitative estimate of drug-likeness (QED) is 0.654. The fourth-order valence-electron chi connectivity index (χ4n) is 3.53. The summed E-state index contributed by atoms with van der Waals surface area (Å²) in [5.74, 6) is 0.673. The van der Waals surface area contributed by atoms with E-state index in [1.54, 1.807) is 24.3 Å². The fourth-order valence-corrected chi connectivity index (χ4v) is 3.53. The highest BCUT2D eigenvalue weighted by Crippen LogP contribution is 2.26. The van der Waals surface area contributed by atoms with Gasteiger partial charge in [-0.05, 0) is 31.0 Å². The molecule has 3 aromatic rings. The van der Waals surface area contributed by atoms with Crippen LogP contribution in [-0.4, -0.2) is 39.9 Å². The van der Waals surface area contributed by atoms with Crippen LogP contribution in [0.15, 0.2) is 59.1 Å². The van der Waals surface area contributed by atoms with Crippen molar-refractivity contribution in [1.29, 1.82) is 0 Å². The normalized spacial score (nSPS) is 16.1. The Labute approximate surface area is 175 Å². The molecule has 7 nitrogen and oxygen atoms in total. The summed E-state index contributed by atoms with van der Waals surface area (Å²) in [5.41, 5.74) is 3.01. The molecule has 0 bridgehead atoms. The molecule has 1 N–H and O–H groups in total. The van der Waals surface area contributed by atoms with Gasteiger partial charge in [0.05, 0.1) is 6.54 Å². The van der Waals surface area contributed by atoms with Crippen molar-refractivity contribution in [3.8, 4) is 0 Å². The number of rotatable bonds is 7. The molecule has 2 aromatic carbocycles. The smallest absolute Gasteiger partial charge is 0.251 e. The second kappa shape index (κ2) is 8.90. The second-order valence-corrected chi connectivity index (χ2v) is 7.57. The highest BCUT2D eigenvalue weighted by atomic mass is 16.5. The van der Waals surface area contributed by atoms with E-state index in [1.807, 2.05) is 11.0 Å². The molecule has 154 valence electrons. The molecule has 30 heavy (non-hydrogen) atoms. The largest absolute Gasteiger partial charge is 0.343 e. The topological polar surface area (TPSA) is 88.3 Å². The summed E-state index contributed by atoms with van der Waals surface area (Å²) < 4.78 is 5.27. The average molecular weight is 404 g/mol. The van der Waals surface area contributed by atoms with Gasteiger partial charge in [0.15, 0.2) is 5.82 Å². The van der Waals surface area contributed by atoms with Gasteiger partial charge in [0.25, 0.3) is 5.91 Å². The fraction of sp³-hybridized carbons (Fsp3) is 0.304. The number of aromatic nitrogens is 2. The predicted molar refractivity (Wildman–Crippen MR) is 111 cm³/mol. The first-order valence-corrected chi connectivity index (χ1v) is 10.1. The number of likely N-dealkylation sites (tertiary alicyclic amines) is 1. The van der Waals surface area contributed by atoms with Crippen LogP contribution in [0.25, 0.3) is 0 Å². The van der Waals surface area contributed by atoms with Gasteiger partial charge in [-0.1, -0.05) is 53.2 Å². The minimum atomic E-state index is -0.200. The van der Waals surface area contributed by atoms with Gasteiger partial charge in [0.2, 0.25) is 11.8 Å². The van der Waals surface area contributed by atoms with Crippen LogP contribution in [0.4, 0.5) is 0 Å². The zero-order valence-corrected chi connectivity index (χ0v) is 16.9. The Balaban J connectivity index is 1.29. The number of benzene rings is 2. The van der Waals surface area contributed by atoms with E-state index in [1.165, 1.54) is 11.1 Å². The predicted octanol–water partition coefficient (Wildman–Crippen LogP) is 2.87. The number of amides is 2. The molecule has 1 aliphatic heterocycles. The number of carbonyl (C=O) groups is 2. The third kappa shape index (κ3) is 4.74. The molecule has 2 amide bonds. The van der Waals surface area contributed by atoms with E-state index < -0.39 is 0 Å². The van der Waals surface area contributed by atoms with E-state index in [-0.39, 0.29) is 24.3 Å². The lowest BCUT2D eigenvalue weighted by atomic mass is 10.1. The van der Waals surface area contributed by atoms with Crippen molar-refractivity contribution in [1.82, 2.24) is 20.4 Å². The highest BCUT2D eigenvalue weighted by molar-refractivity contribution is 5.93. The summed E-state index contributed by atoms with van der Waals surface area (Å²) in [5, 5.41) is 6.80. The third-order valence-electron chi connectivity index (χ3n) is 5.29. The number of nitrogens with one attached hydrogen (secondary N) is 1. The van der Waals surface area contributed by atoms with Crippen LogP contribution >= 0.6 is 0 Å². The van der Waals surface area contributed by atoms with Crippen molar-refractivity contribution in [2.75, 3.05) is 13.1 Å². The highest BCUT2D eigenvalue weighted by Gasteiger charge is 2.33. The van der Waals surface area contributed by atoms with Crippen LogP contribution < -0.4 is 5.32 Å². The summed E-state index contributed by atoms with van der Waals surface area (Å²) in [6.45, 7) is 3.47. The van der Waals surface area contributed by atoms with Crippen molar-refractivity contribution < 1.29 is 14.1 Å². The molecule has 4 rings (SSSR count). The first-order valence-electron chi connectivity index (χ1n) is 10.1. The van der Waals surface area contributed by atoms with Gasteiger partial charge >= 0.3 is 0 Å². The average Bonchev–Trinajstić information content (AvgIpc) is 3.39. The van der Waals surface area contributed by atoms with Gasteiger partial charge in [0.1, 0.15) is 0 Å². The number of nitrogens with zero attached hydrogens (tertiary/aromatic N) is 3. The van der Waals surface area contributed by atoms with E-state index in [9.17, 15) is 9.59 Å². The maximum atomic E-state index is 12.4. The second-order valence-electron chi connectivity index (χ2n) is 7.57. The standard InChI is InChI=1S/C23H24N4O3/c1-16-7-9-17(10-8-16)11-12-27-15-19(13-21(27)28)22-25-20(30-26-22)14-24-23(29)18-5-3-2-4-6-18/h2-10,19H,11-15H2,1H3,(H,24,29). The lowest BCUT2D eigenvalue weighted by molar-refractivity contribution is -0.127. The van der Waals surface area contributed by atoms with E-state index >= 15 is 0 Å². The molecular weight excluding hydrogens is 380 g/mol. The molecule has 7 heteroatoms. The molecule has 0 radical (unpaired) electrons. The summed E-state index contributed by atoms with van der Waals surface area (Å²) in [7, 11) is 0. The van der Waals surface area contributed by atoms with Crippen LogP contribution in [-0.2, 0) is 17.8 Å². The van der Waals surface area contributed by atoms with E-state index in [4.69, 9.17) is 4.52 Å². The molecule has 1 fully saturated rings. The molecule has 0 spiro atoms. The molecule has 1 saturated heterocycles. The van der Waals surface area contributed by atoms with E-state index in [2.05, 4.69) is 46.6 Å². The minimum Gasteiger partial charge on any atom is -0.343 e. The van der Waals surface area contributed by atoms with Gasteiger partial charge in [-0.15, -0.1) is 0 Å². The van der Waals surface area contributed by atoms with Crippen molar-refractivity contribution in [3.63, 3.8) is 0 Å². The number of aryl methyl sites for hydroxylation is 1. The number of hydrogen-bond donors (Lipinski definition) is 1. The Bertz CT molecular complexity index is 1010. The van der Waals surface area contributed by atoms with Crippen LogP contribution in [0.1, 0.15) is 45.5 Å². The molecule has 1 unspecified atom stereocenters. The molecule has 1 aliphatic rings. The molecular formula is C23H24N4O3. The molecule has 1 atom stereocenters. The van der Waals surface area contributed by atoms with Crippen molar-refractivity contribution in [2.24, 2.45) is 0 Å². The molecule has 1 aromatic heterocycles. The monoisotopic (exact) mass is 404 g/mol. The third-order valence-corrected chi connectivity index (χ3v) is 5.29. The number of carbonyl (C=O) groups excluding carboxylic acids is 2. The Morgan fingerprint density at radius 2 is 1.93 bits per heavy atom. The summed E-state index contributed by atoms with van der Waals surface area (Å²) in [6, 6.07) is 17.3. The van der Waals surface area contributed by atoms with Gasteiger partial charge in [-0.3, -0.25) is 9.59 Å². The van der Waals surface area contributed by atoms with Crippen LogP contribution in [0.2, 0.25) is 0 Å².